The fourth-order valence-electron chi connectivity index (χ4n) is 3.20. The van der Waals surface area contributed by atoms with Crippen LogP contribution in [0.25, 0.3) is 0 Å². The van der Waals surface area contributed by atoms with Crippen molar-refractivity contribution in [1.82, 2.24) is 0 Å². The van der Waals surface area contributed by atoms with Gasteiger partial charge in [-0.1, -0.05) is 36.4 Å². The van der Waals surface area contributed by atoms with Gasteiger partial charge in [-0.3, -0.25) is 4.31 Å². The molecule has 2 aromatic carbocycles. The van der Waals surface area contributed by atoms with Crippen LogP contribution in [-0.4, -0.2) is 14.5 Å². The van der Waals surface area contributed by atoms with Crippen LogP contribution in [0.1, 0.15) is 11.1 Å². The highest BCUT2D eigenvalue weighted by atomic mass is 32.2. The van der Waals surface area contributed by atoms with Crippen molar-refractivity contribution in [1.29, 1.82) is 0 Å². The zero-order chi connectivity index (χ0) is 13.0. The fraction of sp³-hybridized carbons (Fsp3) is 0.200. The number of fused-ring (bicyclic) bond motifs is 4. The molecule has 0 bridgehead atoms. The lowest BCUT2D eigenvalue weighted by atomic mass is 10.0. The normalized spacial score (nSPS) is 22.5. The topological polar surface area (TPSA) is 37.4 Å². The Bertz CT molecular complexity index is 767. The zero-order valence-corrected chi connectivity index (χ0v) is 11.1. The van der Waals surface area contributed by atoms with Gasteiger partial charge in [0, 0.05) is 0 Å². The lowest BCUT2D eigenvalue weighted by Crippen LogP contribution is -2.43. The first-order valence-corrected chi connectivity index (χ1v) is 7.82. The summed E-state index contributed by atoms with van der Waals surface area (Å²) in [4.78, 5) is 0.461. The van der Waals surface area contributed by atoms with E-state index in [1.807, 2.05) is 36.4 Å². The van der Waals surface area contributed by atoms with Crippen LogP contribution in [0.2, 0.25) is 0 Å². The third kappa shape index (κ3) is 1.40. The summed E-state index contributed by atoms with van der Waals surface area (Å²) in [6.07, 6.45) is 1.60. The Kier molecular flexibility index (Phi) is 2.10. The van der Waals surface area contributed by atoms with Crippen molar-refractivity contribution in [2.24, 2.45) is 0 Å². The van der Waals surface area contributed by atoms with Crippen LogP contribution >= 0.6 is 0 Å². The van der Waals surface area contributed by atoms with Gasteiger partial charge in [0.1, 0.15) is 0 Å². The number of anilines is 1. The van der Waals surface area contributed by atoms with Crippen molar-refractivity contribution in [2.75, 3.05) is 4.31 Å². The number of nitrogens with zero attached hydrogens (tertiary/aromatic N) is 1. The first-order chi connectivity index (χ1) is 9.18. The maximum atomic E-state index is 12.8. The molecule has 19 heavy (non-hydrogen) atoms. The fourth-order valence-corrected chi connectivity index (χ4v) is 5.12. The lowest BCUT2D eigenvalue weighted by Gasteiger charge is -2.32. The summed E-state index contributed by atoms with van der Waals surface area (Å²) in [5.74, 6) is 0. The number of sulfonamides is 1. The molecule has 0 saturated carbocycles. The van der Waals surface area contributed by atoms with Gasteiger partial charge < -0.3 is 0 Å². The third-order valence-corrected chi connectivity index (χ3v) is 5.95. The highest BCUT2D eigenvalue weighted by Crippen LogP contribution is 2.41. The molecule has 1 atom stereocenters. The molecule has 96 valence electrons. The van der Waals surface area contributed by atoms with Gasteiger partial charge in [0.25, 0.3) is 10.0 Å². The molecule has 2 aliphatic rings. The number of hydrogen-bond acceptors (Lipinski definition) is 2. The Labute approximate surface area is 112 Å². The minimum Gasteiger partial charge on any atom is -0.262 e. The minimum atomic E-state index is -3.40. The quantitative estimate of drug-likeness (QED) is 0.737. The van der Waals surface area contributed by atoms with Crippen LogP contribution in [0.3, 0.4) is 0 Å². The summed E-state index contributed by atoms with van der Waals surface area (Å²) in [7, 11) is -3.40. The summed E-state index contributed by atoms with van der Waals surface area (Å²) in [5.41, 5.74) is 2.92. The minimum absolute atomic E-state index is 0.0392. The summed E-state index contributed by atoms with van der Waals surface area (Å²) in [5, 5.41) is 0. The van der Waals surface area contributed by atoms with E-state index < -0.39 is 10.0 Å². The van der Waals surface area contributed by atoms with Gasteiger partial charge in [0.2, 0.25) is 0 Å². The van der Waals surface area contributed by atoms with Crippen molar-refractivity contribution in [2.45, 2.75) is 23.8 Å². The number of hydrogen-bond donors (Lipinski definition) is 0. The molecule has 0 unspecified atom stereocenters. The van der Waals surface area contributed by atoms with Crippen molar-refractivity contribution >= 4 is 15.7 Å². The highest BCUT2D eigenvalue weighted by molar-refractivity contribution is 7.93. The SMILES string of the molecule is O=S1(=O)c2ccccc2C[C@@H]2Cc3ccccc3N21. The lowest BCUT2D eigenvalue weighted by molar-refractivity contribution is 0.564. The van der Waals surface area contributed by atoms with E-state index in [1.165, 1.54) is 0 Å². The van der Waals surface area contributed by atoms with Crippen molar-refractivity contribution in [3.8, 4) is 0 Å². The van der Waals surface area contributed by atoms with E-state index in [0.29, 0.717) is 4.90 Å². The summed E-state index contributed by atoms with van der Waals surface area (Å²) >= 11 is 0. The van der Waals surface area contributed by atoms with Crippen molar-refractivity contribution in [3.05, 3.63) is 59.7 Å². The Balaban J connectivity index is 1.97. The van der Waals surface area contributed by atoms with Crippen LogP contribution in [0.5, 0.6) is 0 Å². The summed E-state index contributed by atoms with van der Waals surface area (Å²) in [6.45, 7) is 0. The van der Waals surface area contributed by atoms with Crippen LogP contribution in [0.4, 0.5) is 5.69 Å². The average Bonchev–Trinajstić information content (AvgIpc) is 2.77. The predicted molar refractivity (Wildman–Crippen MR) is 73.7 cm³/mol. The second-order valence-electron chi connectivity index (χ2n) is 5.10. The second kappa shape index (κ2) is 3.61. The highest BCUT2D eigenvalue weighted by Gasteiger charge is 2.42. The van der Waals surface area contributed by atoms with Crippen molar-refractivity contribution < 1.29 is 8.42 Å². The average molecular weight is 271 g/mol. The van der Waals surface area contributed by atoms with Gasteiger partial charge in [-0.25, -0.2) is 8.42 Å². The molecule has 0 saturated heterocycles. The maximum absolute atomic E-state index is 12.8. The van der Waals surface area contributed by atoms with Crippen LogP contribution in [-0.2, 0) is 22.9 Å². The molecule has 0 radical (unpaired) electrons. The largest absolute Gasteiger partial charge is 0.264 e. The van der Waals surface area contributed by atoms with Gasteiger partial charge in [-0.05, 0) is 36.1 Å². The molecule has 2 heterocycles. The van der Waals surface area contributed by atoms with E-state index in [4.69, 9.17) is 0 Å². The Morgan fingerprint density at radius 2 is 1.53 bits per heavy atom. The summed E-state index contributed by atoms with van der Waals surface area (Å²) in [6, 6.07) is 15.2. The third-order valence-electron chi connectivity index (χ3n) is 3.98. The second-order valence-corrected chi connectivity index (χ2v) is 6.88. The molecule has 4 rings (SSSR count). The molecule has 0 spiro atoms. The van der Waals surface area contributed by atoms with E-state index in [-0.39, 0.29) is 6.04 Å². The van der Waals surface area contributed by atoms with Crippen LogP contribution < -0.4 is 4.31 Å². The van der Waals surface area contributed by atoms with Gasteiger partial charge in [-0.15, -0.1) is 0 Å². The van der Waals surface area contributed by atoms with Crippen molar-refractivity contribution in [3.63, 3.8) is 0 Å². The zero-order valence-electron chi connectivity index (χ0n) is 10.3. The van der Waals surface area contributed by atoms with E-state index in [2.05, 4.69) is 0 Å². The van der Waals surface area contributed by atoms with E-state index in [0.717, 1.165) is 29.7 Å². The Hall–Kier alpha value is -1.81. The van der Waals surface area contributed by atoms with Gasteiger partial charge in [0.15, 0.2) is 0 Å². The first-order valence-electron chi connectivity index (χ1n) is 6.38. The molecule has 0 N–H and O–H groups in total. The van der Waals surface area contributed by atoms with Crippen LogP contribution in [0, 0.1) is 0 Å². The van der Waals surface area contributed by atoms with Gasteiger partial charge in [-0.2, -0.15) is 0 Å². The molecule has 0 fully saturated rings. The first kappa shape index (κ1) is 11.1. The molecule has 0 aromatic heterocycles. The smallest absolute Gasteiger partial charge is 0.262 e. The van der Waals surface area contributed by atoms with Gasteiger partial charge in [0.05, 0.1) is 16.6 Å². The predicted octanol–water partition coefficient (Wildman–Crippen LogP) is 2.36. The number of benzene rings is 2. The molecule has 0 aliphatic carbocycles. The van der Waals surface area contributed by atoms with Gasteiger partial charge >= 0.3 is 0 Å². The van der Waals surface area contributed by atoms with E-state index in [9.17, 15) is 8.42 Å². The molecule has 2 aromatic rings. The monoisotopic (exact) mass is 271 g/mol. The molecule has 3 nitrogen and oxygen atoms in total. The molecule has 4 heteroatoms. The molecule has 0 amide bonds. The number of para-hydroxylation sites is 1. The molecular formula is C15H13NO2S. The maximum Gasteiger partial charge on any atom is 0.264 e. The van der Waals surface area contributed by atoms with E-state index >= 15 is 0 Å². The Morgan fingerprint density at radius 1 is 0.895 bits per heavy atom. The van der Waals surface area contributed by atoms with Crippen LogP contribution in [0.15, 0.2) is 53.4 Å². The standard InChI is InChI=1S/C15H13NO2S/c17-19(18)15-8-4-2-6-12(15)10-13-9-11-5-1-3-7-14(11)16(13)19/h1-8,13H,9-10H2/t13-/m0/s1. The molecular weight excluding hydrogens is 258 g/mol. The summed E-state index contributed by atoms with van der Waals surface area (Å²) < 4.78 is 27.2. The molecule has 2 aliphatic heterocycles. The number of rotatable bonds is 0. The van der Waals surface area contributed by atoms with E-state index in [1.54, 1.807) is 16.4 Å². The Morgan fingerprint density at radius 3 is 2.37 bits per heavy atom.